The van der Waals surface area contributed by atoms with Crippen LogP contribution in [0.25, 0.3) is 0 Å². The van der Waals surface area contributed by atoms with Crippen molar-refractivity contribution in [2.24, 2.45) is 5.92 Å². The van der Waals surface area contributed by atoms with Crippen LogP contribution >= 0.6 is 0 Å². The Bertz CT molecular complexity index is 1670. The minimum atomic E-state index is -0.110. The Hall–Kier alpha value is -4.23. The van der Waals surface area contributed by atoms with Crippen molar-refractivity contribution in [2.45, 2.75) is 58.0 Å². The lowest BCUT2D eigenvalue weighted by Crippen LogP contribution is -2.47. The first-order valence-electron chi connectivity index (χ1n) is 15.7. The summed E-state index contributed by atoms with van der Waals surface area (Å²) >= 11 is 0. The van der Waals surface area contributed by atoms with Crippen LogP contribution in [-0.4, -0.2) is 47.0 Å². The van der Waals surface area contributed by atoms with Crippen molar-refractivity contribution in [2.75, 3.05) is 36.9 Å². The summed E-state index contributed by atoms with van der Waals surface area (Å²) < 4.78 is 1.96. The number of nitrogens with zero attached hydrogens (tertiary/aromatic N) is 4. The molecule has 2 unspecified atom stereocenters. The van der Waals surface area contributed by atoms with Gasteiger partial charge in [-0.1, -0.05) is 51.1 Å². The molecule has 1 N–H and O–H groups in total. The molecule has 44 heavy (non-hydrogen) atoms. The van der Waals surface area contributed by atoms with E-state index in [0.717, 1.165) is 73.9 Å². The number of fused-ring (bicyclic) bond motifs is 4. The molecule has 7 heteroatoms. The largest absolute Gasteiger partial charge is 0.369 e. The molecule has 2 aromatic carbocycles. The minimum Gasteiger partial charge on any atom is -0.369 e. The Morgan fingerprint density at radius 2 is 1.80 bits per heavy atom. The van der Waals surface area contributed by atoms with Gasteiger partial charge in [-0.15, -0.1) is 0 Å². The molecular formula is C37H43N5O2. The summed E-state index contributed by atoms with van der Waals surface area (Å²) in [4.78, 5) is 35.4. The number of amides is 1. The number of benzene rings is 2. The zero-order valence-electron chi connectivity index (χ0n) is 26.3. The van der Waals surface area contributed by atoms with Crippen LogP contribution in [0.5, 0.6) is 0 Å². The number of hydrogen-bond donors (Lipinski definition) is 1. The number of pyridine rings is 2. The Balaban J connectivity index is 1.25. The van der Waals surface area contributed by atoms with Gasteiger partial charge in [0.1, 0.15) is 0 Å². The minimum absolute atomic E-state index is 0.0230. The van der Waals surface area contributed by atoms with Gasteiger partial charge in [0, 0.05) is 74.3 Å². The van der Waals surface area contributed by atoms with E-state index in [0.29, 0.717) is 11.5 Å². The number of aromatic nitrogens is 2. The van der Waals surface area contributed by atoms with E-state index >= 15 is 0 Å². The molecule has 2 aliphatic rings. The van der Waals surface area contributed by atoms with Gasteiger partial charge < -0.3 is 19.7 Å². The SMILES string of the molecule is CN(CCc1ccccn1)Cc1ccc(N2CC3CC(C2)c2cccc(=O)n2C3)c(NC(=O)c2ccc(C(C)(C)C)cc2)c1. The third-order valence-corrected chi connectivity index (χ3v) is 9.07. The monoisotopic (exact) mass is 589 g/mol. The second kappa shape index (κ2) is 12.4. The molecule has 2 aromatic heterocycles. The number of anilines is 2. The van der Waals surface area contributed by atoms with E-state index in [4.69, 9.17) is 0 Å². The first-order valence-corrected chi connectivity index (χ1v) is 15.7. The van der Waals surface area contributed by atoms with Gasteiger partial charge in [0.25, 0.3) is 11.5 Å². The van der Waals surface area contributed by atoms with E-state index in [1.807, 2.05) is 53.2 Å². The average Bonchev–Trinajstić information content (AvgIpc) is 3.01. The maximum atomic E-state index is 13.6. The lowest BCUT2D eigenvalue weighted by Gasteiger charge is -2.44. The quantitative estimate of drug-likeness (QED) is 0.269. The van der Waals surface area contributed by atoms with Crippen LogP contribution in [-0.2, 0) is 24.9 Å². The summed E-state index contributed by atoms with van der Waals surface area (Å²) in [5, 5.41) is 3.28. The van der Waals surface area contributed by atoms with E-state index < -0.39 is 0 Å². The summed E-state index contributed by atoms with van der Waals surface area (Å²) in [7, 11) is 2.12. The molecule has 0 spiro atoms. The first-order chi connectivity index (χ1) is 21.1. The normalized spacial score (nSPS) is 17.8. The van der Waals surface area contributed by atoms with Crippen molar-refractivity contribution in [3.05, 3.63) is 123 Å². The molecule has 2 bridgehead atoms. The highest BCUT2D eigenvalue weighted by atomic mass is 16.1. The van der Waals surface area contributed by atoms with Gasteiger partial charge in [-0.3, -0.25) is 14.6 Å². The fourth-order valence-corrected chi connectivity index (χ4v) is 6.71. The highest BCUT2D eigenvalue weighted by Crippen LogP contribution is 2.39. The van der Waals surface area contributed by atoms with E-state index in [-0.39, 0.29) is 22.8 Å². The molecule has 2 aliphatic heterocycles. The zero-order valence-corrected chi connectivity index (χ0v) is 26.3. The number of hydrogen-bond acceptors (Lipinski definition) is 5. The van der Waals surface area contributed by atoms with Gasteiger partial charge in [0.05, 0.1) is 11.4 Å². The highest BCUT2D eigenvalue weighted by Gasteiger charge is 2.35. The number of carbonyl (C=O) groups is 1. The second-order valence-corrected chi connectivity index (χ2v) is 13.5. The molecule has 1 amide bonds. The summed E-state index contributed by atoms with van der Waals surface area (Å²) in [6.07, 6.45) is 3.80. The van der Waals surface area contributed by atoms with Crippen LogP contribution in [0.2, 0.25) is 0 Å². The van der Waals surface area contributed by atoms with Crippen molar-refractivity contribution in [3.8, 4) is 0 Å². The number of likely N-dealkylation sites (N-methyl/N-ethyl adjacent to an activating group) is 1. The van der Waals surface area contributed by atoms with Crippen molar-refractivity contribution >= 4 is 17.3 Å². The third kappa shape index (κ3) is 6.63. The van der Waals surface area contributed by atoms with E-state index in [2.05, 4.69) is 78.3 Å². The number of piperidine rings is 1. The first kappa shape index (κ1) is 29.8. The van der Waals surface area contributed by atoms with Crippen molar-refractivity contribution in [1.82, 2.24) is 14.5 Å². The fourth-order valence-electron chi connectivity index (χ4n) is 6.71. The Morgan fingerprint density at radius 3 is 2.55 bits per heavy atom. The maximum Gasteiger partial charge on any atom is 0.255 e. The van der Waals surface area contributed by atoms with Crippen LogP contribution in [0.15, 0.2) is 89.9 Å². The third-order valence-electron chi connectivity index (χ3n) is 9.07. The van der Waals surface area contributed by atoms with Crippen LogP contribution < -0.4 is 15.8 Å². The molecule has 0 saturated carbocycles. The summed E-state index contributed by atoms with van der Waals surface area (Å²) in [5.41, 5.74) is 7.17. The Labute approximate surface area is 260 Å². The average molecular weight is 590 g/mol. The Kier molecular flexibility index (Phi) is 8.41. The molecule has 228 valence electrons. The van der Waals surface area contributed by atoms with Crippen LogP contribution in [0.4, 0.5) is 11.4 Å². The lowest BCUT2D eigenvalue weighted by atomic mass is 9.83. The van der Waals surface area contributed by atoms with Crippen molar-refractivity contribution in [3.63, 3.8) is 0 Å². The van der Waals surface area contributed by atoms with Crippen LogP contribution in [0.1, 0.15) is 66.0 Å². The molecule has 1 fully saturated rings. The van der Waals surface area contributed by atoms with Crippen LogP contribution in [0, 0.1) is 5.92 Å². The van der Waals surface area contributed by atoms with Gasteiger partial charge in [0.15, 0.2) is 0 Å². The van der Waals surface area contributed by atoms with Gasteiger partial charge >= 0.3 is 0 Å². The van der Waals surface area contributed by atoms with Gasteiger partial charge in [-0.25, -0.2) is 0 Å². The summed E-state index contributed by atoms with van der Waals surface area (Å²) in [5.74, 6) is 0.552. The predicted octanol–water partition coefficient (Wildman–Crippen LogP) is 6.09. The zero-order chi connectivity index (χ0) is 30.8. The molecule has 7 nitrogen and oxygen atoms in total. The number of nitrogens with one attached hydrogen (secondary N) is 1. The molecule has 0 radical (unpaired) electrons. The predicted molar refractivity (Wildman–Crippen MR) is 178 cm³/mol. The summed E-state index contributed by atoms with van der Waals surface area (Å²) in [6, 6.07) is 26.1. The fraction of sp³-hybridized carbons (Fsp3) is 0.378. The second-order valence-electron chi connectivity index (χ2n) is 13.5. The van der Waals surface area contributed by atoms with Gasteiger partial charge in [-0.05, 0) is 78.4 Å². The molecule has 4 heterocycles. The molecular weight excluding hydrogens is 546 g/mol. The summed E-state index contributed by atoms with van der Waals surface area (Å²) in [6.45, 7) is 10.6. The standard InChI is InChI=1S/C37H43N5O2/c1-37(2,3)30-14-12-28(13-15-30)36(44)39-32-21-26(22-40(4)19-17-31-8-5-6-18-38-31)11-16-34(32)41-23-27-20-29(25-41)33-9-7-10-35(43)42(33)24-27/h5-16,18,21,27,29H,17,19-20,22-25H2,1-4H3,(H,39,44). The van der Waals surface area contributed by atoms with Gasteiger partial charge in [-0.2, -0.15) is 0 Å². The van der Waals surface area contributed by atoms with E-state index in [1.165, 1.54) is 5.56 Å². The Morgan fingerprint density at radius 1 is 0.977 bits per heavy atom. The molecule has 1 saturated heterocycles. The van der Waals surface area contributed by atoms with Crippen molar-refractivity contribution < 1.29 is 4.79 Å². The lowest BCUT2D eigenvalue weighted by molar-refractivity contribution is 0.102. The maximum absolute atomic E-state index is 13.6. The van der Waals surface area contributed by atoms with Crippen molar-refractivity contribution in [1.29, 1.82) is 0 Å². The van der Waals surface area contributed by atoms with Gasteiger partial charge in [0.2, 0.25) is 0 Å². The molecule has 0 aliphatic carbocycles. The topological polar surface area (TPSA) is 70.5 Å². The smallest absolute Gasteiger partial charge is 0.255 e. The van der Waals surface area contributed by atoms with Crippen LogP contribution in [0.3, 0.4) is 0 Å². The van der Waals surface area contributed by atoms with E-state index in [1.54, 1.807) is 6.07 Å². The number of rotatable bonds is 8. The molecule has 2 atom stereocenters. The molecule has 6 rings (SSSR count). The highest BCUT2D eigenvalue weighted by molar-refractivity contribution is 6.06. The van der Waals surface area contributed by atoms with E-state index in [9.17, 15) is 9.59 Å². The number of carbonyl (C=O) groups excluding carboxylic acids is 1. The molecule has 4 aromatic rings.